The number of aliphatic hydroxyl groups is 1. The molecule has 6 heteroatoms. The third-order valence-corrected chi connectivity index (χ3v) is 3.94. The van der Waals surface area contributed by atoms with Crippen molar-refractivity contribution in [3.8, 4) is 5.75 Å². The van der Waals surface area contributed by atoms with Gasteiger partial charge in [0.1, 0.15) is 28.5 Å². The van der Waals surface area contributed by atoms with E-state index in [1.54, 1.807) is 51.3 Å². The molecular formula is C18H19NO5. The number of ether oxygens (including phenoxy) is 1. The second kappa shape index (κ2) is 6.05. The molecule has 6 nitrogen and oxygen atoms in total. The average molecular weight is 329 g/mol. The lowest BCUT2D eigenvalue weighted by Crippen LogP contribution is -2.38. The van der Waals surface area contributed by atoms with E-state index in [9.17, 15) is 9.90 Å². The fraction of sp³-hybridized carbons (Fsp3) is 0.278. The monoisotopic (exact) mass is 329 g/mol. The Bertz CT molecular complexity index is 861. The van der Waals surface area contributed by atoms with E-state index in [2.05, 4.69) is 5.32 Å². The highest BCUT2D eigenvalue weighted by molar-refractivity contribution is 6.07. The maximum atomic E-state index is 12.6. The van der Waals surface area contributed by atoms with Gasteiger partial charge in [0.15, 0.2) is 0 Å². The minimum Gasteiger partial charge on any atom is -0.497 e. The van der Waals surface area contributed by atoms with Gasteiger partial charge >= 0.3 is 0 Å². The van der Waals surface area contributed by atoms with Gasteiger partial charge in [0.25, 0.3) is 5.91 Å². The van der Waals surface area contributed by atoms with E-state index in [0.29, 0.717) is 33.8 Å². The first-order valence-electron chi connectivity index (χ1n) is 7.54. The summed E-state index contributed by atoms with van der Waals surface area (Å²) >= 11 is 0. The van der Waals surface area contributed by atoms with Crippen molar-refractivity contribution in [2.45, 2.75) is 19.4 Å². The summed E-state index contributed by atoms with van der Waals surface area (Å²) in [5, 5.41) is 13.8. The first-order chi connectivity index (χ1) is 11.4. The highest BCUT2D eigenvalue weighted by Crippen LogP contribution is 2.29. The number of aryl methyl sites for hydroxylation is 1. The normalized spacial score (nSPS) is 13.7. The second-order valence-corrected chi connectivity index (χ2v) is 5.83. The van der Waals surface area contributed by atoms with Gasteiger partial charge in [0, 0.05) is 5.39 Å². The summed E-state index contributed by atoms with van der Waals surface area (Å²) in [6.07, 6.45) is 1.48. The molecule has 2 N–H and O–H groups in total. The Morgan fingerprint density at radius 2 is 2.17 bits per heavy atom. The number of hydrogen-bond donors (Lipinski definition) is 2. The summed E-state index contributed by atoms with van der Waals surface area (Å²) < 4.78 is 16.0. The molecule has 3 rings (SSSR count). The Morgan fingerprint density at radius 3 is 2.83 bits per heavy atom. The Kier molecular flexibility index (Phi) is 4.07. The van der Waals surface area contributed by atoms with E-state index in [-0.39, 0.29) is 12.5 Å². The lowest BCUT2D eigenvalue weighted by Gasteiger charge is -2.21. The predicted octanol–water partition coefficient (Wildman–Crippen LogP) is 2.98. The molecule has 0 saturated heterocycles. The number of hydrogen-bond acceptors (Lipinski definition) is 5. The molecule has 0 fully saturated rings. The van der Waals surface area contributed by atoms with E-state index in [4.69, 9.17) is 13.6 Å². The molecule has 0 saturated carbocycles. The topological polar surface area (TPSA) is 84.8 Å². The van der Waals surface area contributed by atoms with Crippen LogP contribution in [0.3, 0.4) is 0 Å². The fourth-order valence-corrected chi connectivity index (χ4v) is 2.62. The van der Waals surface area contributed by atoms with Crippen LogP contribution in [0, 0.1) is 6.92 Å². The smallest absolute Gasteiger partial charge is 0.255 e. The van der Waals surface area contributed by atoms with Gasteiger partial charge in [-0.15, -0.1) is 0 Å². The van der Waals surface area contributed by atoms with E-state index >= 15 is 0 Å². The second-order valence-electron chi connectivity index (χ2n) is 5.83. The van der Waals surface area contributed by atoms with Crippen molar-refractivity contribution in [1.82, 2.24) is 5.32 Å². The zero-order chi connectivity index (χ0) is 17.3. The molecule has 1 atom stereocenters. The van der Waals surface area contributed by atoms with Crippen molar-refractivity contribution in [2.24, 2.45) is 0 Å². The number of fused-ring (bicyclic) bond motifs is 1. The minimum absolute atomic E-state index is 0.00935. The predicted molar refractivity (Wildman–Crippen MR) is 88.1 cm³/mol. The van der Waals surface area contributed by atoms with Crippen LogP contribution in [0.15, 0.2) is 45.4 Å². The molecule has 1 aromatic carbocycles. The quantitative estimate of drug-likeness (QED) is 0.752. The number of carbonyl (C=O) groups is 1. The maximum absolute atomic E-state index is 12.6. The summed E-state index contributed by atoms with van der Waals surface area (Å²) in [6.45, 7) is 3.32. The van der Waals surface area contributed by atoms with E-state index in [0.717, 1.165) is 0 Å². The summed E-state index contributed by atoms with van der Waals surface area (Å²) in [6, 6.07) is 8.64. The molecule has 0 aliphatic carbocycles. The van der Waals surface area contributed by atoms with Crippen LogP contribution in [0.5, 0.6) is 5.75 Å². The van der Waals surface area contributed by atoms with E-state index in [1.807, 2.05) is 0 Å². The molecule has 1 amide bonds. The molecule has 3 aromatic rings. The molecule has 1 unspecified atom stereocenters. The number of amides is 1. The molecule has 0 radical (unpaired) electrons. The summed E-state index contributed by atoms with van der Waals surface area (Å²) in [5.41, 5.74) is -0.264. The van der Waals surface area contributed by atoms with Gasteiger partial charge < -0.3 is 24.0 Å². The highest BCUT2D eigenvalue weighted by atomic mass is 16.5. The SMILES string of the molecule is COc1ccc2oc(C)c(C(=O)NCC(C)(O)c3ccco3)c2c1. The number of benzene rings is 1. The van der Waals surface area contributed by atoms with Crippen molar-refractivity contribution >= 4 is 16.9 Å². The molecular weight excluding hydrogens is 310 g/mol. The summed E-state index contributed by atoms with van der Waals surface area (Å²) in [7, 11) is 1.56. The van der Waals surface area contributed by atoms with Crippen LogP contribution in [0.4, 0.5) is 0 Å². The van der Waals surface area contributed by atoms with E-state index < -0.39 is 5.60 Å². The third kappa shape index (κ3) is 2.88. The Balaban J connectivity index is 1.85. The lowest BCUT2D eigenvalue weighted by molar-refractivity contribution is 0.0330. The van der Waals surface area contributed by atoms with Gasteiger partial charge in [-0.25, -0.2) is 0 Å². The molecule has 0 bridgehead atoms. The molecule has 0 aliphatic heterocycles. The van der Waals surface area contributed by atoms with Gasteiger partial charge in [0.2, 0.25) is 0 Å². The summed E-state index contributed by atoms with van der Waals surface area (Å²) in [4.78, 5) is 12.6. The fourth-order valence-electron chi connectivity index (χ4n) is 2.62. The van der Waals surface area contributed by atoms with Crippen molar-refractivity contribution in [1.29, 1.82) is 0 Å². The van der Waals surface area contributed by atoms with Gasteiger partial charge in [0.05, 0.1) is 25.5 Å². The number of methoxy groups -OCH3 is 1. The number of carbonyl (C=O) groups excluding carboxylic acids is 1. The Morgan fingerprint density at radius 1 is 1.38 bits per heavy atom. The van der Waals surface area contributed by atoms with Crippen LogP contribution >= 0.6 is 0 Å². The van der Waals surface area contributed by atoms with Crippen LogP contribution in [0.1, 0.15) is 28.8 Å². The first-order valence-corrected chi connectivity index (χ1v) is 7.54. The maximum Gasteiger partial charge on any atom is 0.255 e. The van der Waals surface area contributed by atoms with Crippen LogP contribution in [-0.2, 0) is 5.60 Å². The molecule has 126 valence electrons. The zero-order valence-electron chi connectivity index (χ0n) is 13.8. The van der Waals surface area contributed by atoms with E-state index in [1.165, 1.54) is 6.26 Å². The first kappa shape index (κ1) is 16.1. The summed E-state index contributed by atoms with van der Waals surface area (Å²) in [5.74, 6) is 1.21. The molecule has 2 aromatic heterocycles. The Hall–Kier alpha value is -2.73. The van der Waals surface area contributed by atoms with Gasteiger partial charge in [-0.3, -0.25) is 4.79 Å². The van der Waals surface area contributed by atoms with Crippen molar-refractivity contribution < 1.29 is 23.5 Å². The molecule has 0 aliphatic rings. The van der Waals surface area contributed by atoms with Gasteiger partial charge in [-0.2, -0.15) is 0 Å². The van der Waals surface area contributed by atoms with Crippen LogP contribution in [0.2, 0.25) is 0 Å². The number of furan rings is 2. The Labute approximate surface area is 139 Å². The number of rotatable bonds is 5. The van der Waals surface area contributed by atoms with Crippen LogP contribution < -0.4 is 10.1 Å². The van der Waals surface area contributed by atoms with Gasteiger partial charge in [-0.1, -0.05) is 0 Å². The minimum atomic E-state index is -1.30. The van der Waals surface area contributed by atoms with Crippen molar-refractivity contribution in [2.75, 3.05) is 13.7 Å². The third-order valence-electron chi connectivity index (χ3n) is 3.94. The molecule has 24 heavy (non-hydrogen) atoms. The van der Waals surface area contributed by atoms with Crippen LogP contribution in [0.25, 0.3) is 11.0 Å². The molecule has 2 heterocycles. The highest BCUT2D eigenvalue weighted by Gasteiger charge is 2.28. The lowest BCUT2D eigenvalue weighted by atomic mass is 10.0. The van der Waals surface area contributed by atoms with Gasteiger partial charge in [-0.05, 0) is 44.2 Å². The van der Waals surface area contributed by atoms with Crippen molar-refractivity contribution in [3.05, 3.63) is 53.7 Å². The molecule has 0 spiro atoms. The van der Waals surface area contributed by atoms with Crippen LogP contribution in [-0.4, -0.2) is 24.7 Å². The number of nitrogens with one attached hydrogen (secondary N) is 1. The average Bonchev–Trinajstić information content (AvgIpc) is 3.19. The standard InChI is InChI=1S/C18H19NO5/c1-11-16(13-9-12(22-3)6-7-14(13)24-11)17(20)19-10-18(2,21)15-5-4-8-23-15/h4-9,21H,10H2,1-3H3,(H,19,20). The van der Waals surface area contributed by atoms with Crippen molar-refractivity contribution in [3.63, 3.8) is 0 Å². The largest absolute Gasteiger partial charge is 0.497 e. The zero-order valence-corrected chi connectivity index (χ0v) is 13.8.